The molecule has 2 rings (SSSR count). The number of methoxy groups -OCH3 is 1. The van der Waals surface area contributed by atoms with Gasteiger partial charge in [-0.2, -0.15) is 4.31 Å². The van der Waals surface area contributed by atoms with Gasteiger partial charge in [0.1, 0.15) is 12.0 Å². The quantitative estimate of drug-likeness (QED) is 0.655. The average molecular weight is 399 g/mol. The molecule has 1 atom stereocenters. The fraction of sp³-hybridized carbons (Fsp3) is 0.529. The Kier molecular flexibility index (Phi) is 7.17. The summed E-state index contributed by atoms with van der Waals surface area (Å²) in [7, 11) is -2.33. The Morgan fingerprint density at radius 2 is 1.93 bits per heavy atom. The Labute approximate surface area is 159 Å². The van der Waals surface area contributed by atoms with Gasteiger partial charge in [0, 0.05) is 12.6 Å². The first-order chi connectivity index (χ1) is 12.8. The first kappa shape index (κ1) is 21.1. The molecule has 1 saturated heterocycles. The summed E-state index contributed by atoms with van der Waals surface area (Å²) in [4.78, 5) is 23.6. The molecule has 1 aromatic rings. The normalized spacial score (nSPS) is 18.1. The number of nitrogens with zero attached hydrogens (tertiary/aromatic N) is 1. The number of nitrogens with one attached hydrogen (secondary N) is 2. The van der Waals surface area contributed by atoms with Gasteiger partial charge < -0.3 is 20.1 Å². The summed E-state index contributed by atoms with van der Waals surface area (Å²) in [5.74, 6) is -1.06. The van der Waals surface area contributed by atoms with Crippen LogP contribution < -0.4 is 15.4 Å². The van der Waals surface area contributed by atoms with Crippen molar-refractivity contribution < 1.29 is 27.5 Å². The molecule has 9 nitrogen and oxygen atoms in total. The van der Waals surface area contributed by atoms with Crippen molar-refractivity contribution in [1.29, 1.82) is 0 Å². The summed E-state index contributed by atoms with van der Waals surface area (Å²) in [6.07, 6.45) is -0.352. The van der Waals surface area contributed by atoms with Crippen molar-refractivity contribution in [2.75, 3.05) is 26.8 Å². The number of benzene rings is 1. The SMILES string of the molecule is COc1ccc(S(=O)(=O)N2CCCOC2CNC(=O)C(=O)NC(C)C)cc1. The van der Waals surface area contributed by atoms with Crippen LogP contribution in [0, 0.1) is 0 Å². The van der Waals surface area contributed by atoms with Crippen LogP contribution in [-0.4, -0.2) is 63.6 Å². The van der Waals surface area contributed by atoms with E-state index in [0.717, 1.165) is 0 Å². The predicted molar refractivity (Wildman–Crippen MR) is 97.5 cm³/mol. The van der Waals surface area contributed by atoms with Crippen molar-refractivity contribution in [1.82, 2.24) is 14.9 Å². The van der Waals surface area contributed by atoms with E-state index in [4.69, 9.17) is 9.47 Å². The maximum absolute atomic E-state index is 12.9. The Morgan fingerprint density at radius 1 is 1.26 bits per heavy atom. The van der Waals surface area contributed by atoms with Crippen LogP contribution in [0.5, 0.6) is 5.75 Å². The highest BCUT2D eigenvalue weighted by molar-refractivity contribution is 7.89. The van der Waals surface area contributed by atoms with E-state index in [1.165, 1.54) is 23.5 Å². The van der Waals surface area contributed by atoms with E-state index in [9.17, 15) is 18.0 Å². The number of sulfonamides is 1. The predicted octanol–water partition coefficient (Wildman–Crippen LogP) is 0.0731. The van der Waals surface area contributed by atoms with Crippen LogP contribution in [0.2, 0.25) is 0 Å². The Balaban J connectivity index is 2.09. The second-order valence-electron chi connectivity index (χ2n) is 6.31. The second-order valence-corrected chi connectivity index (χ2v) is 8.20. The zero-order valence-electron chi connectivity index (χ0n) is 15.6. The van der Waals surface area contributed by atoms with Crippen molar-refractivity contribution in [2.45, 2.75) is 37.4 Å². The Bertz CT molecular complexity index is 763. The molecule has 0 aliphatic carbocycles. The highest BCUT2D eigenvalue weighted by Gasteiger charge is 2.35. The van der Waals surface area contributed by atoms with E-state index in [0.29, 0.717) is 18.8 Å². The molecule has 1 unspecified atom stereocenters. The lowest BCUT2D eigenvalue weighted by Gasteiger charge is -2.34. The fourth-order valence-electron chi connectivity index (χ4n) is 2.57. The number of carbonyl (C=O) groups is 2. The van der Waals surface area contributed by atoms with Gasteiger partial charge in [-0.1, -0.05) is 0 Å². The Morgan fingerprint density at radius 3 is 2.52 bits per heavy atom. The molecule has 0 aromatic heterocycles. The molecular weight excluding hydrogens is 374 g/mol. The molecule has 1 aliphatic rings. The summed E-state index contributed by atoms with van der Waals surface area (Å²) >= 11 is 0. The van der Waals surface area contributed by atoms with Crippen LogP contribution in [0.25, 0.3) is 0 Å². The molecule has 27 heavy (non-hydrogen) atoms. The number of hydrogen-bond acceptors (Lipinski definition) is 6. The molecule has 0 spiro atoms. The average Bonchev–Trinajstić information content (AvgIpc) is 2.65. The van der Waals surface area contributed by atoms with Crippen LogP contribution in [0.4, 0.5) is 0 Å². The van der Waals surface area contributed by atoms with Gasteiger partial charge in [0.2, 0.25) is 10.0 Å². The van der Waals surface area contributed by atoms with E-state index in [1.807, 2.05) is 0 Å². The first-order valence-electron chi connectivity index (χ1n) is 8.62. The number of ether oxygens (including phenoxy) is 2. The number of carbonyl (C=O) groups excluding carboxylic acids is 2. The van der Waals surface area contributed by atoms with Gasteiger partial charge >= 0.3 is 11.8 Å². The smallest absolute Gasteiger partial charge is 0.309 e. The maximum Gasteiger partial charge on any atom is 0.309 e. The lowest BCUT2D eigenvalue weighted by atomic mass is 10.3. The lowest BCUT2D eigenvalue weighted by molar-refractivity contribution is -0.140. The van der Waals surface area contributed by atoms with Crippen molar-refractivity contribution in [3.63, 3.8) is 0 Å². The third kappa shape index (κ3) is 5.41. The van der Waals surface area contributed by atoms with E-state index >= 15 is 0 Å². The molecule has 0 saturated carbocycles. The fourth-order valence-corrected chi connectivity index (χ4v) is 4.14. The standard InChI is InChI=1S/C17H25N3O6S/c1-12(2)19-17(22)16(21)18-11-15-20(9-4-10-26-15)27(23,24)14-7-5-13(25-3)6-8-14/h5-8,12,15H,4,9-11H2,1-3H3,(H,18,21)(H,19,22). The minimum absolute atomic E-state index is 0.0997. The van der Waals surface area contributed by atoms with Crippen molar-refractivity contribution >= 4 is 21.8 Å². The summed E-state index contributed by atoms with van der Waals surface area (Å²) in [5.41, 5.74) is 0. The first-order valence-corrected chi connectivity index (χ1v) is 10.1. The van der Waals surface area contributed by atoms with Gasteiger partial charge in [0.15, 0.2) is 0 Å². The van der Waals surface area contributed by atoms with Gasteiger partial charge in [-0.25, -0.2) is 8.42 Å². The minimum atomic E-state index is -3.82. The van der Waals surface area contributed by atoms with E-state index in [-0.39, 0.29) is 24.0 Å². The maximum atomic E-state index is 12.9. The van der Waals surface area contributed by atoms with E-state index < -0.39 is 28.1 Å². The molecule has 0 radical (unpaired) electrons. The molecule has 1 aliphatic heterocycles. The molecule has 2 amide bonds. The minimum Gasteiger partial charge on any atom is -0.497 e. The van der Waals surface area contributed by atoms with Gasteiger partial charge in [0.05, 0.1) is 25.2 Å². The van der Waals surface area contributed by atoms with Gasteiger partial charge in [-0.05, 0) is 44.5 Å². The monoisotopic (exact) mass is 399 g/mol. The molecule has 1 fully saturated rings. The summed E-state index contributed by atoms with van der Waals surface area (Å²) < 4.78 is 37.6. The third-order valence-corrected chi connectivity index (χ3v) is 5.79. The van der Waals surface area contributed by atoms with Crippen LogP contribution in [-0.2, 0) is 24.3 Å². The summed E-state index contributed by atoms with van der Waals surface area (Å²) in [5, 5.41) is 4.90. The zero-order valence-corrected chi connectivity index (χ0v) is 16.4. The van der Waals surface area contributed by atoms with Gasteiger partial charge in [-0.15, -0.1) is 0 Å². The topological polar surface area (TPSA) is 114 Å². The molecule has 0 bridgehead atoms. The van der Waals surface area contributed by atoms with Crippen molar-refractivity contribution in [3.8, 4) is 5.75 Å². The van der Waals surface area contributed by atoms with E-state index in [2.05, 4.69) is 10.6 Å². The van der Waals surface area contributed by atoms with Gasteiger partial charge in [-0.3, -0.25) is 9.59 Å². The number of rotatable bonds is 6. The molecule has 1 aromatic carbocycles. The van der Waals surface area contributed by atoms with Crippen molar-refractivity contribution in [3.05, 3.63) is 24.3 Å². The molecule has 10 heteroatoms. The Hall–Kier alpha value is -2.17. The number of hydrogen-bond donors (Lipinski definition) is 2. The van der Waals surface area contributed by atoms with Crippen LogP contribution in [0.3, 0.4) is 0 Å². The van der Waals surface area contributed by atoms with Crippen LogP contribution in [0.1, 0.15) is 20.3 Å². The zero-order chi connectivity index (χ0) is 20.0. The van der Waals surface area contributed by atoms with Gasteiger partial charge in [0.25, 0.3) is 0 Å². The summed E-state index contributed by atoms with van der Waals surface area (Å²) in [6, 6.07) is 5.85. The third-order valence-electron chi connectivity index (χ3n) is 3.88. The number of amides is 2. The lowest BCUT2D eigenvalue weighted by Crippen LogP contribution is -2.53. The highest BCUT2D eigenvalue weighted by Crippen LogP contribution is 2.23. The molecule has 1 heterocycles. The summed E-state index contributed by atoms with van der Waals surface area (Å²) in [6.45, 7) is 3.97. The largest absolute Gasteiger partial charge is 0.497 e. The molecule has 2 N–H and O–H groups in total. The van der Waals surface area contributed by atoms with E-state index in [1.54, 1.807) is 26.0 Å². The highest BCUT2D eigenvalue weighted by atomic mass is 32.2. The molecular formula is C17H25N3O6S. The second kappa shape index (κ2) is 9.16. The van der Waals surface area contributed by atoms with Crippen LogP contribution >= 0.6 is 0 Å². The molecule has 150 valence electrons. The van der Waals surface area contributed by atoms with Crippen LogP contribution in [0.15, 0.2) is 29.2 Å². The van der Waals surface area contributed by atoms with Crippen molar-refractivity contribution in [2.24, 2.45) is 0 Å².